The lowest BCUT2D eigenvalue weighted by Gasteiger charge is -2.36. The van der Waals surface area contributed by atoms with E-state index in [1.54, 1.807) is 39.0 Å². The second-order valence-electron chi connectivity index (χ2n) is 10.8. The van der Waals surface area contributed by atoms with Crippen molar-refractivity contribution in [2.75, 3.05) is 0 Å². The van der Waals surface area contributed by atoms with Crippen LogP contribution in [-0.2, 0) is 24.7 Å². The molecule has 0 bridgehead atoms. The van der Waals surface area contributed by atoms with E-state index in [1.807, 2.05) is 0 Å². The molecule has 1 fully saturated rings. The first-order valence-electron chi connectivity index (χ1n) is 12.6. The maximum atomic E-state index is 12.7. The predicted molar refractivity (Wildman–Crippen MR) is 141 cm³/mol. The van der Waals surface area contributed by atoms with E-state index in [-0.39, 0.29) is 58.8 Å². The molecule has 3 amide bonds. The van der Waals surface area contributed by atoms with Crippen LogP contribution in [0, 0.1) is 5.41 Å². The van der Waals surface area contributed by atoms with Gasteiger partial charge in [0.15, 0.2) is 5.60 Å². The Kier molecular flexibility index (Phi) is 6.33. The molecule has 3 aromatic rings. The molecule has 11 nitrogen and oxygen atoms in total. The monoisotopic (exact) mass is 559 g/mol. The van der Waals surface area contributed by atoms with Crippen molar-refractivity contribution in [2.24, 2.45) is 5.41 Å². The highest BCUT2D eigenvalue weighted by atomic mass is 16.6. The fourth-order valence-corrected chi connectivity index (χ4v) is 4.98. The van der Waals surface area contributed by atoms with Crippen LogP contribution in [0.25, 0.3) is 0 Å². The van der Waals surface area contributed by atoms with E-state index >= 15 is 0 Å². The van der Waals surface area contributed by atoms with Gasteiger partial charge in [0.05, 0.1) is 11.1 Å². The van der Waals surface area contributed by atoms with Crippen LogP contribution in [0.5, 0.6) is 23.0 Å². The molecule has 0 atom stereocenters. The van der Waals surface area contributed by atoms with Crippen molar-refractivity contribution in [3.8, 4) is 23.0 Å². The number of ether oxygens (including phenoxy) is 2. The molecule has 0 unspecified atom stereocenters. The van der Waals surface area contributed by atoms with Gasteiger partial charge in [-0.15, -0.1) is 0 Å². The van der Waals surface area contributed by atoms with Gasteiger partial charge in [-0.05, 0) is 36.4 Å². The summed E-state index contributed by atoms with van der Waals surface area (Å²) < 4.78 is 11.7. The number of carboxylic acids is 1. The molecule has 0 aromatic heterocycles. The van der Waals surface area contributed by atoms with Gasteiger partial charge in [0.2, 0.25) is 17.7 Å². The molecular weight excluding hydrogens is 534 g/mol. The highest BCUT2D eigenvalue weighted by Gasteiger charge is 2.53. The zero-order chi connectivity index (χ0) is 29.9. The summed E-state index contributed by atoms with van der Waals surface area (Å²) in [6.45, 7) is 5.07. The standard InChI is InChI=1S/C21H12O7.C9H13NO3/c22-11-2-5-15-17(8-11)27-18-9-12(23)3-6-16(18)21(15)14-4-1-10(19(24)25)7-13(14)20(26)28-21;1-9(2,3)8(13)10-6(11)4-5-7(10)12/h1-9,22-23H,(H,24,25);4-5H2,1-3H3. The number of carboxylic acid groups (broad SMARTS) is 1. The van der Waals surface area contributed by atoms with Crippen LogP contribution in [-0.4, -0.2) is 49.9 Å². The lowest BCUT2D eigenvalue weighted by atomic mass is 9.77. The van der Waals surface area contributed by atoms with Crippen molar-refractivity contribution in [1.29, 1.82) is 0 Å². The molecule has 41 heavy (non-hydrogen) atoms. The average molecular weight is 560 g/mol. The molecule has 3 aliphatic rings. The second-order valence-corrected chi connectivity index (χ2v) is 10.8. The number of aromatic hydroxyl groups is 2. The summed E-state index contributed by atoms with van der Waals surface area (Å²) in [5.74, 6) is -2.51. The van der Waals surface area contributed by atoms with Gasteiger partial charge < -0.3 is 24.8 Å². The van der Waals surface area contributed by atoms with E-state index in [1.165, 1.54) is 36.4 Å². The summed E-state index contributed by atoms with van der Waals surface area (Å²) in [5.41, 5.74) is -0.512. The van der Waals surface area contributed by atoms with Gasteiger partial charge in [0.1, 0.15) is 23.0 Å². The van der Waals surface area contributed by atoms with Gasteiger partial charge in [-0.3, -0.25) is 14.4 Å². The zero-order valence-electron chi connectivity index (χ0n) is 22.3. The molecule has 3 aromatic carbocycles. The number of benzene rings is 3. The van der Waals surface area contributed by atoms with E-state index in [2.05, 4.69) is 0 Å². The smallest absolute Gasteiger partial charge is 0.340 e. The Morgan fingerprint density at radius 2 is 1.32 bits per heavy atom. The molecule has 0 radical (unpaired) electrons. The minimum Gasteiger partial charge on any atom is -0.508 e. The number of rotatable bonds is 1. The van der Waals surface area contributed by atoms with Crippen molar-refractivity contribution >= 4 is 29.7 Å². The predicted octanol–water partition coefficient (Wildman–Crippen LogP) is 4.07. The molecule has 3 aliphatic heterocycles. The van der Waals surface area contributed by atoms with Crippen molar-refractivity contribution in [2.45, 2.75) is 39.2 Å². The molecule has 3 N–H and O–H groups in total. The lowest BCUT2D eigenvalue weighted by Crippen LogP contribution is -2.42. The summed E-state index contributed by atoms with van der Waals surface area (Å²) in [4.78, 5) is 58.7. The SMILES string of the molecule is CC(C)(C)C(=O)N1C(=O)CCC1=O.O=C(O)c1ccc2c(c1)C(=O)OC21c2ccc(O)cc2Oc2cc(O)ccc21. The number of phenols is 2. The van der Waals surface area contributed by atoms with Crippen LogP contribution in [0.4, 0.5) is 0 Å². The average Bonchev–Trinajstić information content (AvgIpc) is 3.38. The number of aromatic carboxylic acids is 1. The summed E-state index contributed by atoms with van der Waals surface area (Å²) in [6.07, 6.45) is 0.335. The Morgan fingerprint density at radius 1 is 0.805 bits per heavy atom. The van der Waals surface area contributed by atoms with Crippen LogP contribution < -0.4 is 4.74 Å². The molecule has 0 aliphatic carbocycles. The zero-order valence-corrected chi connectivity index (χ0v) is 22.3. The Balaban J connectivity index is 0.000000219. The molecule has 3 heterocycles. The molecule has 11 heteroatoms. The number of amides is 3. The number of phenolic OH excluding ortho intramolecular Hbond substituents is 2. The van der Waals surface area contributed by atoms with Crippen molar-refractivity contribution in [1.82, 2.24) is 4.90 Å². The van der Waals surface area contributed by atoms with Crippen molar-refractivity contribution < 1.29 is 48.8 Å². The van der Waals surface area contributed by atoms with Crippen molar-refractivity contribution in [3.05, 3.63) is 82.4 Å². The topological polar surface area (TPSA) is 168 Å². The van der Waals surface area contributed by atoms with Crippen LogP contribution in [0.2, 0.25) is 0 Å². The number of carbonyl (C=O) groups excluding carboxylic acids is 4. The fraction of sp³-hybridized carbons (Fsp3) is 0.233. The third-order valence-electron chi connectivity index (χ3n) is 6.92. The number of likely N-dealkylation sites (tertiary alicyclic amines) is 1. The van der Waals surface area contributed by atoms with Gasteiger partial charge in [0.25, 0.3) is 0 Å². The fourth-order valence-electron chi connectivity index (χ4n) is 4.98. The third-order valence-corrected chi connectivity index (χ3v) is 6.92. The molecule has 0 saturated carbocycles. The normalized spacial score (nSPS) is 16.2. The number of hydrogen-bond acceptors (Lipinski definition) is 9. The van der Waals surface area contributed by atoms with Gasteiger partial charge in [-0.2, -0.15) is 0 Å². The molecule has 1 spiro atoms. The van der Waals surface area contributed by atoms with E-state index in [9.17, 15) is 39.3 Å². The first-order chi connectivity index (χ1) is 19.2. The van der Waals surface area contributed by atoms with Crippen LogP contribution in [0.15, 0.2) is 54.6 Å². The van der Waals surface area contributed by atoms with Gasteiger partial charge in [-0.1, -0.05) is 26.8 Å². The second kappa shape index (κ2) is 9.47. The van der Waals surface area contributed by atoms with E-state index in [4.69, 9.17) is 9.47 Å². The summed E-state index contributed by atoms with van der Waals surface area (Å²) in [5, 5.41) is 29.0. The number of esters is 1. The first-order valence-corrected chi connectivity index (χ1v) is 12.6. The molecule has 210 valence electrons. The first kappa shape index (κ1) is 27.4. The maximum Gasteiger partial charge on any atom is 0.340 e. The molecule has 6 rings (SSSR count). The molecule has 1 saturated heterocycles. The number of hydrogen-bond donors (Lipinski definition) is 3. The summed E-state index contributed by atoms with van der Waals surface area (Å²) in [6, 6.07) is 13.1. The van der Waals surface area contributed by atoms with Gasteiger partial charge in [0, 0.05) is 47.1 Å². The minimum absolute atomic E-state index is 0.0309. The van der Waals surface area contributed by atoms with Gasteiger partial charge >= 0.3 is 11.9 Å². The van der Waals surface area contributed by atoms with Crippen LogP contribution in [0.1, 0.15) is 71.0 Å². The van der Waals surface area contributed by atoms with Crippen LogP contribution in [0.3, 0.4) is 0 Å². The quantitative estimate of drug-likeness (QED) is 0.292. The molecular formula is C30H25NO10. The Bertz CT molecular complexity index is 1600. The Labute approximate surface area is 233 Å². The number of carbonyl (C=O) groups is 5. The summed E-state index contributed by atoms with van der Waals surface area (Å²) in [7, 11) is 0. The number of imide groups is 3. The number of fused-ring (bicyclic) bond motifs is 6. The highest BCUT2D eigenvalue weighted by Crippen LogP contribution is 2.57. The van der Waals surface area contributed by atoms with E-state index in [0.29, 0.717) is 16.7 Å². The van der Waals surface area contributed by atoms with E-state index < -0.39 is 28.9 Å². The Morgan fingerprint density at radius 3 is 1.80 bits per heavy atom. The van der Waals surface area contributed by atoms with E-state index in [0.717, 1.165) is 4.90 Å². The van der Waals surface area contributed by atoms with Crippen molar-refractivity contribution in [3.63, 3.8) is 0 Å². The summed E-state index contributed by atoms with van der Waals surface area (Å²) >= 11 is 0. The lowest BCUT2D eigenvalue weighted by molar-refractivity contribution is -0.153. The third kappa shape index (κ3) is 4.45. The maximum absolute atomic E-state index is 12.7. The van der Waals surface area contributed by atoms with Gasteiger partial charge in [-0.25, -0.2) is 14.5 Å². The minimum atomic E-state index is -1.38. The van der Waals surface area contributed by atoms with Crippen LogP contribution >= 0.6 is 0 Å². The largest absolute Gasteiger partial charge is 0.508 e. The highest BCUT2D eigenvalue weighted by molar-refractivity contribution is 6.16. The number of nitrogens with zero attached hydrogens (tertiary/aromatic N) is 1. The Hall–Kier alpha value is -5.19.